The van der Waals surface area contributed by atoms with Crippen molar-refractivity contribution in [3.63, 3.8) is 0 Å². The molecule has 6 rings (SSSR count). The Morgan fingerprint density at radius 1 is 0.818 bits per heavy atom. The Hall–Kier alpha value is -4.65. The van der Waals surface area contributed by atoms with Gasteiger partial charge in [-0.05, 0) is 61.1 Å². The van der Waals surface area contributed by atoms with E-state index in [1.54, 1.807) is 0 Å². The van der Waals surface area contributed by atoms with Crippen molar-refractivity contribution in [1.82, 2.24) is 9.13 Å². The largest absolute Gasteiger partial charge is 0.494 e. The van der Waals surface area contributed by atoms with Gasteiger partial charge in [-0.2, -0.15) is 4.58 Å². The van der Waals surface area contributed by atoms with Crippen molar-refractivity contribution in [3.8, 4) is 5.88 Å². The number of fused-ring (bicyclic) bond motifs is 2. The van der Waals surface area contributed by atoms with Gasteiger partial charge in [0.15, 0.2) is 5.71 Å². The molecule has 0 amide bonds. The Morgan fingerprint density at radius 2 is 1.48 bits per heavy atom. The molecule has 2 aromatic carbocycles. The number of anilines is 1. The van der Waals surface area contributed by atoms with Crippen molar-refractivity contribution in [3.05, 3.63) is 127 Å². The zero-order chi connectivity index (χ0) is 31.7. The van der Waals surface area contributed by atoms with Crippen molar-refractivity contribution >= 4 is 22.7 Å². The fraction of sp³-hybridized carbons (Fsp3) is 0.324. The number of aromatic hydroxyl groups is 1. The van der Waals surface area contributed by atoms with E-state index in [0.717, 1.165) is 31.7 Å². The maximum absolute atomic E-state index is 13.6. The molecule has 44 heavy (non-hydrogen) atoms. The number of likely N-dealkylation sites (N-methyl/N-ethyl adjacent to an activating group) is 1. The molecule has 3 aliphatic rings. The summed E-state index contributed by atoms with van der Waals surface area (Å²) in [6, 6.07) is 16.9. The molecular weight excluding hydrogens is 548 g/mol. The van der Waals surface area contributed by atoms with Crippen LogP contribution in [-0.2, 0) is 24.9 Å². The molecule has 1 aliphatic carbocycles. The summed E-state index contributed by atoms with van der Waals surface area (Å²) in [5.74, 6) is -0.316. The monoisotopic (exact) mass is 589 g/mol. The molecule has 226 valence electrons. The minimum absolute atomic E-state index is 0.158. The van der Waals surface area contributed by atoms with Gasteiger partial charge in [0, 0.05) is 55.6 Å². The van der Waals surface area contributed by atoms with Gasteiger partial charge < -0.3 is 10.0 Å². The molecule has 0 saturated heterocycles. The highest BCUT2D eigenvalue weighted by molar-refractivity contribution is 6.03. The van der Waals surface area contributed by atoms with Crippen LogP contribution in [0.15, 0.2) is 99.3 Å². The summed E-state index contributed by atoms with van der Waals surface area (Å²) in [6.45, 7) is 8.90. The molecule has 0 fully saturated rings. The SMILES string of the molecule is CN1/C(=C/C=C2\CCC(/C=C/C3=[N+](C)c4ccccc4C3(C)C)=C2c2c(O)n(C)c(=O)n(C)c2=O)C(C)(C)c2ccccc21. The molecule has 1 aromatic heterocycles. The van der Waals surface area contributed by atoms with Crippen molar-refractivity contribution < 1.29 is 9.68 Å². The first kappa shape index (κ1) is 29.4. The summed E-state index contributed by atoms with van der Waals surface area (Å²) in [5, 5.41) is 11.3. The van der Waals surface area contributed by atoms with Crippen LogP contribution < -0.4 is 16.1 Å². The second-order valence-corrected chi connectivity index (χ2v) is 13.2. The Kier molecular flexibility index (Phi) is 6.83. The first-order valence-corrected chi connectivity index (χ1v) is 15.1. The van der Waals surface area contributed by atoms with Crippen LogP contribution in [0.4, 0.5) is 11.4 Å². The number of allylic oxidation sites excluding steroid dienone is 8. The van der Waals surface area contributed by atoms with Gasteiger partial charge in [0.1, 0.15) is 12.6 Å². The van der Waals surface area contributed by atoms with Crippen LogP contribution in [0.2, 0.25) is 0 Å². The Labute approximate surface area is 258 Å². The van der Waals surface area contributed by atoms with Crippen LogP contribution in [0.3, 0.4) is 0 Å². The zero-order valence-corrected chi connectivity index (χ0v) is 26.9. The highest BCUT2D eigenvalue weighted by atomic mass is 16.3. The van der Waals surface area contributed by atoms with E-state index in [4.69, 9.17) is 0 Å². The Balaban J connectivity index is 1.52. The number of benzene rings is 2. The normalized spacial score (nSPS) is 20.5. The fourth-order valence-electron chi connectivity index (χ4n) is 7.39. The molecule has 3 aromatic rings. The molecule has 1 N–H and O–H groups in total. The smallest absolute Gasteiger partial charge is 0.333 e. The lowest BCUT2D eigenvalue weighted by Gasteiger charge is -2.24. The predicted octanol–water partition coefficient (Wildman–Crippen LogP) is 5.84. The Bertz CT molecular complexity index is 2010. The van der Waals surface area contributed by atoms with Gasteiger partial charge in [-0.3, -0.25) is 13.9 Å². The number of para-hydroxylation sites is 2. The van der Waals surface area contributed by atoms with Crippen LogP contribution in [-0.4, -0.2) is 38.6 Å². The maximum atomic E-state index is 13.6. The van der Waals surface area contributed by atoms with Crippen molar-refractivity contribution in [1.29, 1.82) is 0 Å². The molecule has 0 spiro atoms. The van der Waals surface area contributed by atoms with Gasteiger partial charge >= 0.3 is 5.69 Å². The van der Waals surface area contributed by atoms with E-state index < -0.39 is 11.2 Å². The summed E-state index contributed by atoms with van der Waals surface area (Å²) in [7, 11) is 7.12. The summed E-state index contributed by atoms with van der Waals surface area (Å²) in [4.78, 5) is 28.5. The molecular formula is C37H41N4O3+. The van der Waals surface area contributed by atoms with Gasteiger partial charge in [0.2, 0.25) is 11.6 Å². The van der Waals surface area contributed by atoms with Crippen molar-refractivity contribution in [2.75, 3.05) is 19.0 Å². The van der Waals surface area contributed by atoms with Gasteiger partial charge in [-0.25, -0.2) is 4.79 Å². The fourth-order valence-corrected chi connectivity index (χ4v) is 7.39. The average molecular weight is 590 g/mol. The van der Waals surface area contributed by atoms with E-state index in [9.17, 15) is 14.7 Å². The second kappa shape index (κ2) is 10.2. The summed E-state index contributed by atoms with van der Waals surface area (Å²) >= 11 is 0. The van der Waals surface area contributed by atoms with E-state index in [2.05, 4.69) is 124 Å². The quantitative estimate of drug-likeness (QED) is 0.389. The van der Waals surface area contributed by atoms with Crippen LogP contribution in [0.25, 0.3) is 5.57 Å². The first-order chi connectivity index (χ1) is 20.8. The van der Waals surface area contributed by atoms with E-state index in [1.807, 2.05) is 0 Å². The van der Waals surface area contributed by atoms with Gasteiger partial charge in [-0.15, -0.1) is 0 Å². The van der Waals surface area contributed by atoms with E-state index in [-0.39, 0.29) is 22.3 Å². The lowest BCUT2D eigenvalue weighted by atomic mass is 9.81. The summed E-state index contributed by atoms with van der Waals surface area (Å²) in [6.07, 6.45) is 9.88. The van der Waals surface area contributed by atoms with E-state index >= 15 is 0 Å². The lowest BCUT2D eigenvalue weighted by Crippen LogP contribution is -2.38. The number of hydrogen-bond donors (Lipinski definition) is 1. The Morgan fingerprint density at radius 3 is 2.16 bits per heavy atom. The van der Waals surface area contributed by atoms with Gasteiger partial charge in [0.05, 0.1) is 5.41 Å². The summed E-state index contributed by atoms with van der Waals surface area (Å²) < 4.78 is 4.44. The third-order valence-corrected chi connectivity index (χ3v) is 9.96. The van der Waals surface area contributed by atoms with Crippen LogP contribution in [0.1, 0.15) is 57.2 Å². The highest BCUT2D eigenvalue weighted by Crippen LogP contribution is 2.47. The zero-order valence-electron chi connectivity index (χ0n) is 26.9. The van der Waals surface area contributed by atoms with Crippen LogP contribution >= 0.6 is 0 Å². The van der Waals surface area contributed by atoms with E-state index in [1.165, 1.54) is 36.6 Å². The standard InChI is InChI=1S/C37H40N4O3/c1-36(2)25-13-9-11-15-27(25)38(5)29(36)21-19-23-17-18-24(31(23)32-33(42)40(7)35(44)41(8)34(32)43)20-22-30-37(3,4)26-14-10-12-16-28(26)39(30)6/h9-16,19-22H,17-18H2,1-8H3/p+1/b23-19+,29-21+. The molecule has 7 nitrogen and oxygen atoms in total. The van der Waals surface area contributed by atoms with Crippen LogP contribution in [0, 0.1) is 0 Å². The topological polar surface area (TPSA) is 70.5 Å². The number of hydrogen-bond acceptors (Lipinski definition) is 4. The highest BCUT2D eigenvalue weighted by Gasteiger charge is 2.43. The molecule has 0 atom stereocenters. The molecule has 0 unspecified atom stereocenters. The van der Waals surface area contributed by atoms with Crippen molar-refractivity contribution in [2.24, 2.45) is 14.1 Å². The van der Waals surface area contributed by atoms with Gasteiger partial charge in [-0.1, -0.05) is 62.4 Å². The first-order valence-electron chi connectivity index (χ1n) is 15.1. The minimum Gasteiger partial charge on any atom is -0.494 e. The average Bonchev–Trinajstić information content (AvgIpc) is 3.55. The second-order valence-electron chi connectivity index (χ2n) is 13.2. The van der Waals surface area contributed by atoms with Crippen molar-refractivity contribution in [2.45, 2.75) is 51.4 Å². The molecule has 2 aliphatic heterocycles. The third kappa shape index (κ3) is 4.20. The molecule has 0 saturated carbocycles. The summed E-state index contributed by atoms with van der Waals surface area (Å²) in [5.41, 5.74) is 8.48. The number of nitrogens with zero attached hydrogens (tertiary/aromatic N) is 4. The minimum atomic E-state index is -0.561. The predicted molar refractivity (Wildman–Crippen MR) is 178 cm³/mol. The molecule has 0 bridgehead atoms. The molecule has 3 heterocycles. The molecule has 0 radical (unpaired) electrons. The van der Waals surface area contributed by atoms with Gasteiger partial charge in [0.25, 0.3) is 5.56 Å². The number of rotatable bonds is 4. The molecule has 7 heteroatoms. The maximum Gasteiger partial charge on any atom is 0.333 e. The number of aromatic nitrogens is 2. The lowest BCUT2D eigenvalue weighted by molar-refractivity contribution is -0.401. The van der Waals surface area contributed by atoms with Crippen LogP contribution in [0.5, 0.6) is 5.88 Å². The van der Waals surface area contributed by atoms with E-state index in [0.29, 0.717) is 18.4 Å². The third-order valence-electron chi connectivity index (χ3n) is 9.96.